The molecule has 6 nitrogen and oxygen atoms in total. The highest BCUT2D eigenvalue weighted by Gasteiger charge is 2.40. The maximum Gasteiger partial charge on any atom is 0.243 e. The molecule has 0 unspecified atom stereocenters. The van der Waals surface area contributed by atoms with Crippen LogP contribution in [0.25, 0.3) is 0 Å². The fourth-order valence-electron chi connectivity index (χ4n) is 2.68. The lowest BCUT2D eigenvalue weighted by Crippen LogP contribution is -2.57. The van der Waals surface area contributed by atoms with Crippen LogP contribution >= 0.6 is 0 Å². The van der Waals surface area contributed by atoms with Crippen molar-refractivity contribution in [3.63, 3.8) is 0 Å². The van der Waals surface area contributed by atoms with Crippen molar-refractivity contribution in [3.05, 3.63) is 29.8 Å². The molecule has 1 aromatic rings. The number of hydrogen-bond acceptors (Lipinski definition) is 4. The topological polar surface area (TPSA) is 81.5 Å². The normalized spacial score (nSPS) is 19.6. The molecule has 124 valence electrons. The van der Waals surface area contributed by atoms with Crippen LogP contribution in [0.4, 0.5) is 0 Å². The van der Waals surface area contributed by atoms with E-state index < -0.39 is 16.1 Å². The molecule has 1 aliphatic rings. The average Bonchev–Trinajstić information content (AvgIpc) is 2.56. The van der Waals surface area contributed by atoms with E-state index in [0.29, 0.717) is 25.1 Å². The summed E-state index contributed by atoms with van der Waals surface area (Å²) in [6.45, 7) is 2.69. The van der Waals surface area contributed by atoms with Gasteiger partial charge in [-0.3, -0.25) is 4.79 Å². The molecule has 0 radical (unpaired) electrons. The summed E-state index contributed by atoms with van der Waals surface area (Å²) in [7, 11) is -2.05. The molecule has 1 saturated heterocycles. The Morgan fingerprint density at radius 1 is 1.26 bits per heavy atom. The number of rotatable bonds is 5. The number of hydrogen-bond donors (Lipinski definition) is 0. The highest BCUT2D eigenvalue weighted by atomic mass is 32.2. The summed E-state index contributed by atoms with van der Waals surface area (Å²) in [5.41, 5.74) is 0.404. The number of unbranched alkanes of at least 4 members (excludes halogenated alkanes) is 1. The molecule has 23 heavy (non-hydrogen) atoms. The standard InChI is InChI=1S/C16H21N3O3S/c1-3-4-5-15-16(20)18(2)10-11-19(15)23(21,22)14-8-6-13(12-17)7-9-14/h6-9,15H,3-5,10-11H2,1-2H3/t15-/m1/s1. The third-order valence-electron chi connectivity index (χ3n) is 4.09. The molecular formula is C16H21N3O3S. The summed E-state index contributed by atoms with van der Waals surface area (Å²) in [5.74, 6) is -0.151. The Morgan fingerprint density at radius 2 is 1.91 bits per heavy atom. The van der Waals surface area contributed by atoms with Gasteiger partial charge in [0.25, 0.3) is 0 Å². The van der Waals surface area contributed by atoms with E-state index in [1.165, 1.54) is 28.6 Å². The van der Waals surface area contributed by atoms with Gasteiger partial charge < -0.3 is 4.90 Å². The fourth-order valence-corrected chi connectivity index (χ4v) is 4.29. The van der Waals surface area contributed by atoms with E-state index in [1.807, 2.05) is 13.0 Å². The SMILES string of the molecule is CCCC[C@@H]1C(=O)N(C)CCN1S(=O)(=O)c1ccc(C#N)cc1. The maximum absolute atomic E-state index is 12.9. The van der Waals surface area contributed by atoms with Crippen LogP contribution in [0.5, 0.6) is 0 Å². The Bertz CT molecular complexity index is 707. The highest BCUT2D eigenvalue weighted by Crippen LogP contribution is 2.24. The first-order valence-electron chi connectivity index (χ1n) is 7.68. The molecule has 1 atom stereocenters. The molecule has 0 saturated carbocycles. The average molecular weight is 335 g/mol. The monoisotopic (exact) mass is 335 g/mol. The van der Waals surface area contributed by atoms with Crippen molar-refractivity contribution in [2.75, 3.05) is 20.1 Å². The van der Waals surface area contributed by atoms with E-state index in [2.05, 4.69) is 0 Å². The highest BCUT2D eigenvalue weighted by molar-refractivity contribution is 7.89. The molecule has 0 bridgehead atoms. The summed E-state index contributed by atoms with van der Waals surface area (Å²) in [6.07, 6.45) is 2.22. The maximum atomic E-state index is 12.9. The molecule has 1 aliphatic heterocycles. The van der Waals surface area contributed by atoms with Gasteiger partial charge in [0.2, 0.25) is 15.9 Å². The van der Waals surface area contributed by atoms with Crippen LogP contribution in [0.3, 0.4) is 0 Å². The van der Waals surface area contributed by atoms with Gasteiger partial charge in [0.05, 0.1) is 16.5 Å². The lowest BCUT2D eigenvalue weighted by atomic mass is 10.1. The predicted octanol–water partition coefficient (Wildman–Crippen LogP) is 1.58. The van der Waals surface area contributed by atoms with E-state index >= 15 is 0 Å². The number of nitrogens with zero attached hydrogens (tertiary/aromatic N) is 3. The van der Waals surface area contributed by atoms with E-state index in [1.54, 1.807) is 11.9 Å². The largest absolute Gasteiger partial charge is 0.343 e. The van der Waals surface area contributed by atoms with Crippen molar-refractivity contribution in [1.82, 2.24) is 9.21 Å². The van der Waals surface area contributed by atoms with Gasteiger partial charge in [0, 0.05) is 20.1 Å². The van der Waals surface area contributed by atoms with Crippen LogP contribution in [0.15, 0.2) is 29.2 Å². The number of piperazine rings is 1. The Morgan fingerprint density at radius 3 is 2.48 bits per heavy atom. The zero-order valence-corrected chi connectivity index (χ0v) is 14.2. The predicted molar refractivity (Wildman–Crippen MR) is 86.0 cm³/mol. The van der Waals surface area contributed by atoms with Gasteiger partial charge in [0.15, 0.2) is 0 Å². The number of sulfonamides is 1. The van der Waals surface area contributed by atoms with Gasteiger partial charge >= 0.3 is 0 Å². The lowest BCUT2D eigenvalue weighted by Gasteiger charge is -2.38. The Labute approximate surface area is 137 Å². The smallest absolute Gasteiger partial charge is 0.243 e. The number of likely N-dealkylation sites (N-methyl/N-ethyl adjacent to an activating group) is 1. The minimum Gasteiger partial charge on any atom is -0.343 e. The first-order chi connectivity index (χ1) is 10.9. The van der Waals surface area contributed by atoms with Crippen molar-refractivity contribution < 1.29 is 13.2 Å². The van der Waals surface area contributed by atoms with Crippen molar-refractivity contribution in [3.8, 4) is 6.07 Å². The molecule has 1 heterocycles. The van der Waals surface area contributed by atoms with Crippen LogP contribution in [-0.4, -0.2) is 49.7 Å². The second-order valence-electron chi connectivity index (χ2n) is 5.67. The van der Waals surface area contributed by atoms with Crippen LogP contribution in [0.2, 0.25) is 0 Å². The minimum atomic E-state index is -3.75. The van der Waals surface area contributed by atoms with E-state index in [9.17, 15) is 13.2 Å². The molecule has 1 aromatic carbocycles. The molecule has 0 spiro atoms. The molecule has 1 fully saturated rings. The lowest BCUT2D eigenvalue weighted by molar-refractivity contribution is -0.137. The van der Waals surface area contributed by atoms with Crippen LogP contribution in [0.1, 0.15) is 31.7 Å². The van der Waals surface area contributed by atoms with Gasteiger partial charge in [-0.2, -0.15) is 9.57 Å². The number of carbonyl (C=O) groups is 1. The van der Waals surface area contributed by atoms with E-state index in [0.717, 1.165) is 12.8 Å². The van der Waals surface area contributed by atoms with Gasteiger partial charge in [0.1, 0.15) is 6.04 Å². The summed E-state index contributed by atoms with van der Waals surface area (Å²) in [6, 6.07) is 7.13. The molecule has 0 aliphatic carbocycles. The number of carbonyl (C=O) groups excluding carboxylic acids is 1. The molecule has 2 rings (SSSR count). The Hall–Kier alpha value is -1.91. The molecule has 0 N–H and O–H groups in total. The van der Waals surface area contributed by atoms with Gasteiger partial charge in [-0.1, -0.05) is 19.8 Å². The fraction of sp³-hybridized carbons (Fsp3) is 0.500. The first kappa shape index (κ1) is 17.4. The summed E-state index contributed by atoms with van der Waals surface area (Å²) < 4.78 is 27.1. The zero-order valence-electron chi connectivity index (χ0n) is 13.4. The second-order valence-corrected chi connectivity index (χ2v) is 7.56. The molecule has 1 amide bonds. The molecular weight excluding hydrogens is 314 g/mol. The zero-order chi connectivity index (χ0) is 17.0. The van der Waals surface area contributed by atoms with Crippen molar-refractivity contribution in [2.24, 2.45) is 0 Å². The van der Waals surface area contributed by atoms with Crippen LogP contribution in [0, 0.1) is 11.3 Å². The van der Waals surface area contributed by atoms with Gasteiger partial charge in [-0.05, 0) is 30.7 Å². The van der Waals surface area contributed by atoms with Crippen LogP contribution < -0.4 is 0 Å². The number of benzene rings is 1. The number of amides is 1. The first-order valence-corrected chi connectivity index (χ1v) is 9.12. The summed E-state index contributed by atoms with van der Waals surface area (Å²) >= 11 is 0. The minimum absolute atomic E-state index is 0.121. The van der Waals surface area contributed by atoms with Crippen molar-refractivity contribution in [2.45, 2.75) is 37.1 Å². The van der Waals surface area contributed by atoms with Crippen molar-refractivity contribution in [1.29, 1.82) is 5.26 Å². The summed E-state index contributed by atoms with van der Waals surface area (Å²) in [5, 5.41) is 8.82. The quantitative estimate of drug-likeness (QED) is 0.818. The molecule has 7 heteroatoms. The van der Waals surface area contributed by atoms with E-state index in [-0.39, 0.29) is 10.8 Å². The van der Waals surface area contributed by atoms with E-state index in [4.69, 9.17) is 5.26 Å². The van der Waals surface area contributed by atoms with Crippen molar-refractivity contribution >= 4 is 15.9 Å². The van der Waals surface area contributed by atoms with Gasteiger partial charge in [-0.25, -0.2) is 8.42 Å². The third kappa shape index (κ3) is 3.54. The second kappa shape index (κ2) is 7.11. The molecule has 0 aromatic heterocycles. The Kier molecular flexibility index (Phi) is 5.39. The van der Waals surface area contributed by atoms with Crippen LogP contribution in [-0.2, 0) is 14.8 Å². The third-order valence-corrected chi connectivity index (χ3v) is 6.01. The summed E-state index contributed by atoms with van der Waals surface area (Å²) in [4.78, 5) is 14.1. The number of nitriles is 1. The Balaban J connectivity index is 2.34. The van der Waals surface area contributed by atoms with Gasteiger partial charge in [-0.15, -0.1) is 0 Å².